The van der Waals surface area contributed by atoms with E-state index in [-0.39, 0.29) is 0 Å². The van der Waals surface area contributed by atoms with Gasteiger partial charge in [0.15, 0.2) is 0 Å². The highest BCUT2D eigenvalue weighted by molar-refractivity contribution is 9.10. The fraction of sp³-hybridized carbons (Fsp3) is 0.571. The van der Waals surface area contributed by atoms with Crippen LogP contribution in [0.2, 0.25) is 0 Å². The first-order chi connectivity index (χ1) is 9.04. The van der Waals surface area contributed by atoms with Gasteiger partial charge >= 0.3 is 0 Å². The summed E-state index contributed by atoms with van der Waals surface area (Å²) in [5.41, 5.74) is 7.28. The summed E-state index contributed by atoms with van der Waals surface area (Å²) in [4.78, 5) is 2.08. The number of likely N-dealkylation sites (N-methyl/N-ethyl adjacent to an activating group) is 1. The largest absolute Gasteiger partial charge is 0.388 e. The maximum atomic E-state index is 10.6. The third-order valence-electron chi connectivity index (χ3n) is 3.63. The smallest absolute Gasteiger partial charge is 0.0865 e. The molecule has 0 bridgehead atoms. The van der Waals surface area contributed by atoms with Crippen LogP contribution < -0.4 is 10.6 Å². The minimum atomic E-state index is -0.661. The number of rotatable bonds is 4. The highest BCUT2D eigenvalue weighted by atomic mass is 79.9. The van der Waals surface area contributed by atoms with Gasteiger partial charge in [0.2, 0.25) is 0 Å². The summed E-state index contributed by atoms with van der Waals surface area (Å²) in [6.07, 6.45) is 1.37. The molecular weight excluding hydrogens is 308 g/mol. The van der Waals surface area contributed by atoms with Gasteiger partial charge in [0.05, 0.1) is 5.60 Å². The van der Waals surface area contributed by atoms with Crippen molar-refractivity contribution in [1.82, 2.24) is 0 Å². The second-order valence-electron chi connectivity index (χ2n) is 5.17. The third-order valence-corrected chi connectivity index (χ3v) is 4.12. The highest BCUT2D eigenvalue weighted by Crippen LogP contribution is 2.27. The average Bonchev–Trinajstić information content (AvgIpc) is 2.38. The SMILES string of the molecule is CN(CC1(O)CCOCC1)c1ccc(Br)cc1CN. The van der Waals surface area contributed by atoms with Crippen molar-refractivity contribution in [3.05, 3.63) is 28.2 Å². The standard InChI is InChI=1S/C14H21BrN2O2/c1-17(10-14(18)4-6-19-7-5-14)13-3-2-12(15)8-11(13)9-16/h2-3,8,18H,4-7,9-10,16H2,1H3. The summed E-state index contributed by atoms with van der Waals surface area (Å²) < 4.78 is 6.33. The minimum absolute atomic E-state index is 0.487. The van der Waals surface area contributed by atoms with E-state index in [0.717, 1.165) is 15.7 Å². The Morgan fingerprint density at radius 1 is 1.42 bits per heavy atom. The zero-order valence-corrected chi connectivity index (χ0v) is 12.8. The number of hydrogen-bond acceptors (Lipinski definition) is 4. The van der Waals surface area contributed by atoms with E-state index in [1.165, 1.54) is 0 Å². The number of ether oxygens (including phenoxy) is 1. The van der Waals surface area contributed by atoms with E-state index < -0.39 is 5.60 Å². The zero-order chi connectivity index (χ0) is 13.9. The molecule has 1 saturated heterocycles. The van der Waals surface area contributed by atoms with Gasteiger partial charge in [-0.05, 0) is 23.8 Å². The predicted octanol–water partition coefficient (Wildman–Crippen LogP) is 1.89. The number of anilines is 1. The molecule has 1 heterocycles. The van der Waals surface area contributed by atoms with Crippen molar-refractivity contribution in [2.75, 3.05) is 31.7 Å². The molecule has 1 aliphatic rings. The second kappa shape index (κ2) is 6.22. The van der Waals surface area contributed by atoms with Crippen molar-refractivity contribution in [3.63, 3.8) is 0 Å². The molecular formula is C14H21BrN2O2. The van der Waals surface area contributed by atoms with E-state index in [0.29, 0.717) is 39.1 Å². The molecule has 0 unspecified atom stereocenters. The fourth-order valence-electron chi connectivity index (χ4n) is 2.53. The van der Waals surface area contributed by atoms with Crippen LogP contribution in [-0.4, -0.2) is 37.5 Å². The lowest BCUT2D eigenvalue weighted by Crippen LogP contribution is -2.46. The van der Waals surface area contributed by atoms with Gasteiger partial charge in [-0.25, -0.2) is 0 Å². The van der Waals surface area contributed by atoms with Crippen molar-refractivity contribution in [3.8, 4) is 0 Å². The Bertz CT molecular complexity index is 433. The van der Waals surface area contributed by atoms with E-state index in [2.05, 4.69) is 20.8 Å². The van der Waals surface area contributed by atoms with Crippen LogP contribution in [0.1, 0.15) is 18.4 Å². The van der Waals surface area contributed by atoms with E-state index in [1.807, 2.05) is 25.2 Å². The van der Waals surface area contributed by atoms with Gasteiger partial charge in [-0.2, -0.15) is 0 Å². The minimum Gasteiger partial charge on any atom is -0.388 e. The molecule has 106 valence electrons. The molecule has 1 aromatic carbocycles. The maximum absolute atomic E-state index is 10.6. The first kappa shape index (κ1) is 14.8. The predicted molar refractivity (Wildman–Crippen MR) is 80.3 cm³/mol. The van der Waals surface area contributed by atoms with Crippen molar-refractivity contribution in [2.24, 2.45) is 5.73 Å². The first-order valence-corrected chi connectivity index (χ1v) is 7.33. The number of nitrogens with two attached hydrogens (primary N) is 1. The Morgan fingerprint density at radius 3 is 2.74 bits per heavy atom. The van der Waals surface area contributed by atoms with Crippen LogP contribution in [0.5, 0.6) is 0 Å². The van der Waals surface area contributed by atoms with Crippen LogP contribution in [0.3, 0.4) is 0 Å². The van der Waals surface area contributed by atoms with Gasteiger partial charge in [0.1, 0.15) is 0 Å². The van der Waals surface area contributed by atoms with E-state index >= 15 is 0 Å². The molecule has 4 nitrogen and oxygen atoms in total. The lowest BCUT2D eigenvalue weighted by Gasteiger charge is -2.36. The first-order valence-electron chi connectivity index (χ1n) is 6.54. The molecule has 0 saturated carbocycles. The van der Waals surface area contributed by atoms with Gasteiger partial charge in [-0.1, -0.05) is 15.9 Å². The molecule has 1 fully saturated rings. The highest BCUT2D eigenvalue weighted by Gasteiger charge is 2.31. The Hall–Kier alpha value is -0.620. The Labute approximate surface area is 122 Å². The zero-order valence-electron chi connectivity index (χ0n) is 11.2. The fourth-order valence-corrected chi connectivity index (χ4v) is 2.93. The number of benzene rings is 1. The summed E-state index contributed by atoms with van der Waals surface area (Å²) in [5.74, 6) is 0. The molecule has 5 heteroatoms. The van der Waals surface area contributed by atoms with E-state index in [4.69, 9.17) is 10.5 Å². The lowest BCUT2D eigenvalue weighted by atomic mass is 9.93. The molecule has 2 rings (SSSR count). The monoisotopic (exact) mass is 328 g/mol. The molecule has 0 aromatic heterocycles. The van der Waals surface area contributed by atoms with Gasteiger partial charge in [-0.15, -0.1) is 0 Å². The molecule has 0 radical (unpaired) electrons. The van der Waals surface area contributed by atoms with Gasteiger partial charge < -0.3 is 20.5 Å². The molecule has 0 amide bonds. The van der Waals surface area contributed by atoms with Crippen LogP contribution in [0.4, 0.5) is 5.69 Å². The summed E-state index contributed by atoms with van der Waals surface area (Å²) in [6, 6.07) is 6.06. The Balaban J connectivity index is 2.12. The topological polar surface area (TPSA) is 58.7 Å². The molecule has 0 atom stereocenters. The van der Waals surface area contributed by atoms with Crippen LogP contribution >= 0.6 is 15.9 Å². The Kier molecular flexibility index (Phi) is 4.84. The molecule has 19 heavy (non-hydrogen) atoms. The normalized spacial score (nSPS) is 18.3. The lowest BCUT2D eigenvalue weighted by molar-refractivity contribution is -0.0572. The van der Waals surface area contributed by atoms with Crippen LogP contribution in [0.15, 0.2) is 22.7 Å². The van der Waals surface area contributed by atoms with Gasteiger partial charge in [0, 0.05) is 56.4 Å². The van der Waals surface area contributed by atoms with Crippen molar-refractivity contribution in [2.45, 2.75) is 25.0 Å². The second-order valence-corrected chi connectivity index (χ2v) is 6.09. The quantitative estimate of drug-likeness (QED) is 0.886. The van der Waals surface area contributed by atoms with Crippen molar-refractivity contribution >= 4 is 21.6 Å². The third kappa shape index (κ3) is 3.69. The van der Waals surface area contributed by atoms with Crippen molar-refractivity contribution < 1.29 is 9.84 Å². The number of halogens is 1. The molecule has 1 aromatic rings. The molecule has 1 aliphatic heterocycles. The number of hydrogen-bond donors (Lipinski definition) is 2. The van der Waals surface area contributed by atoms with Crippen LogP contribution in [0.25, 0.3) is 0 Å². The Morgan fingerprint density at radius 2 is 2.11 bits per heavy atom. The maximum Gasteiger partial charge on any atom is 0.0865 e. The van der Waals surface area contributed by atoms with Crippen LogP contribution in [-0.2, 0) is 11.3 Å². The summed E-state index contributed by atoms with van der Waals surface area (Å²) in [5, 5.41) is 10.6. The van der Waals surface area contributed by atoms with Crippen molar-refractivity contribution in [1.29, 1.82) is 0 Å². The molecule has 3 N–H and O–H groups in total. The summed E-state index contributed by atoms with van der Waals surface area (Å²) in [7, 11) is 2.00. The molecule has 0 spiro atoms. The van der Waals surface area contributed by atoms with Gasteiger partial charge in [-0.3, -0.25) is 0 Å². The molecule has 0 aliphatic carbocycles. The van der Waals surface area contributed by atoms with E-state index in [9.17, 15) is 5.11 Å². The van der Waals surface area contributed by atoms with Crippen LogP contribution in [0, 0.1) is 0 Å². The van der Waals surface area contributed by atoms with Gasteiger partial charge in [0.25, 0.3) is 0 Å². The number of nitrogens with zero attached hydrogens (tertiary/aromatic N) is 1. The van der Waals surface area contributed by atoms with E-state index in [1.54, 1.807) is 0 Å². The summed E-state index contributed by atoms with van der Waals surface area (Å²) >= 11 is 3.46. The number of aliphatic hydroxyl groups is 1. The summed E-state index contributed by atoms with van der Waals surface area (Å²) in [6.45, 7) is 2.36. The average molecular weight is 329 g/mol.